The third-order valence-electron chi connectivity index (χ3n) is 4.64. The summed E-state index contributed by atoms with van der Waals surface area (Å²) in [5.74, 6) is 0. The van der Waals surface area contributed by atoms with Crippen molar-refractivity contribution in [1.29, 1.82) is 0 Å². The molecule has 0 unspecified atom stereocenters. The topological polar surface area (TPSA) is 76.1 Å². The SMILES string of the molecule is CB(O)N1C[C@@H](O[Si](C)(C)C(C)(C)C)C[C@@H]1COS(C)(=O)=O. The molecule has 1 saturated heterocycles. The quantitative estimate of drug-likeness (QED) is 0.578. The molecule has 1 rings (SSSR count). The van der Waals surface area contributed by atoms with Crippen molar-refractivity contribution in [1.82, 2.24) is 4.81 Å². The zero-order valence-corrected chi connectivity index (χ0v) is 16.6. The fraction of sp³-hybridized carbons (Fsp3) is 1.00. The minimum Gasteiger partial charge on any atom is -0.437 e. The summed E-state index contributed by atoms with van der Waals surface area (Å²) in [6, 6.07) is -0.149. The number of rotatable bonds is 6. The first-order valence-electron chi connectivity index (χ1n) is 7.69. The van der Waals surface area contributed by atoms with Crippen LogP contribution in [0.1, 0.15) is 27.2 Å². The highest BCUT2D eigenvalue weighted by Gasteiger charge is 2.43. The van der Waals surface area contributed by atoms with Gasteiger partial charge in [0.25, 0.3) is 10.1 Å². The molecule has 1 aliphatic heterocycles. The molecular formula is C13H30BNO5SSi. The summed E-state index contributed by atoms with van der Waals surface area (Å²) in [7, 11) is -6.02. The van der Waals surface area contributed by atoms with E-state index in [1.807, 2.05) is 4.81 Å². The van der Waals surface area contributed by atoms with Gasteiger partial charge in [0, 0.05) is 12.6 Å². The number of nitrogens with zero attached hydrogens (tertiary/aromatic N) is 1. The molecule has 0 aliphatic carbocycles. The molecule has 130 valence electrons. The van der Waals surface area contributed by atoms with E-state index in [4.69, 9.17) is 8.61 Å². The Hall–Kier alpha value is 0.0718. The van der Waals surface area contributed by atoms with Crippen LogP contribution in [0, 0.1) is 0 Å². The van der Waals surface area contributed by atoms with E-state index in [-0.39, 0.29) is 23.8 Å². The van der Waals surface area contributed by atoms with Gasteiger partial charge >= 0.3 is 7.05 Å². The predicted octanol–water partition coefficient (Wildman–Crippen LogP) is 1.54. The van der Waals surface area contributed by atoms with Crippen LogP contribution >= 0.6 is 0 Å². The van der Waals surface area contributed by atoms with Crippen LogP contribution < -0.4 is 0 Å². The molecule has 1 aliphatic rings. The first-order valence-corrected chi connectivity index (χ1v) is 12.4. The van der Waals surface area contributed by atoms with Crippen LogP contribution in [-0.4, -0.2) is 65.2 Å². The molecule has 0 amide bonds. The van der Waals surface area contributed by atoms with Crippen LogP contribution in [0.3, 0.4) is 0 Å². The molecule has 6 nitrogen and oxygen atoms in total. The lowest BCUT2D eigenvalue weighted by molar-refractivity contribution is 0.190. The van der Waals surface area contributed by atoms with Crippen molar-refractivity contribution in [3.63, 3.8) is 0 Å². The van der Waals surface area contributed by atoms with E-state index < -0.39 is 25.5 Å². The lowest BCUT2D eigenvalue weighted by Crippen LogP contribution is -2.46. The Morgan fingerprint density at radius 2 is 1.91 bits per heavy atom. The number of hydrogen-bond acceptors (Lipinski definition) is 6. The Balaban J connectivity index is 2.74. The van der Waals surface area contributed by atoms with Crippen LogP contribution in [0.5, 0.6) is 0 Å². The Kier molecular flexibility index (Phi) is 6.31. The normalized spacial score (nSPS) is 24.7. The molecule has 0 aromatic carbocycles. The minimum absolute atomic E-state index is 0.00338. The zero-order chi connectivity index (χ0) is 17.3. The smallest absolute Gasteiger partial charge is 0.376 e. The molecule has 1 fully saturated rings. The van der Waals surface area contributed by atoms with Gasteiger partial charge in [-0.25, -0.2) is 0 Å². The average molecular weight is 351 g/mol. The van der Waals surface area contributed by atoms with Crippen molar-refractivity contribution in [3.05, 3.63) is 0 Å². The number of hydrogen-bond donors (Lipinski definition) is 1. The van der Waals surface area contributed by atoms with Crippen LogP contribution in [0.2, 0.25) is 25.0 Å². The van der Waals surface area contributed by atoms with E-state index in [9.17, 15) is 13.4 Å². The van der Waals surface area contributed by atoms with Crippen molar-refractivity contribution < 1.29 is 22.1 Å². The van der Waals surface area contributed by atoms with Gasteiger partial charge in [0.15, 0.2) is 8.32 Å². The molecule has 1 N–H and O–H groups in total. The lowest BCUT2D eigenvalue weighted by atomic mass is 9.84. The first kappa shape index (κ1) is 20.1. The molecule has 22 heavy (non-hydrogen) atoms. The van der Waals surface area contributed by atoms with Gasteiger partial charge < -0.3 is 14.3 Å². The molecule has 0 radical (unpaired) electrons. The summed E-state index contributed by atoms with van der Waals surface area (Å²) >= 11 is 0. The molecular weight excluding hydrogens is 321 g/mol. The fourth-order valence-corrected chi connectivity index (χ4v) is 4.16. The second-order valence-corrected chi connectivity index (χ2v) is 14.1. The minimum atomic E-state index is -3.48. The van der Waals surface area contributed by atoms with E-state index >= 15 is 0 Å². The second kappa shape index (κ2) is 6.90. The molecule has 0 spiro atoms. The summed E-state index contributed by atoms with van der Waals surface area (Å²) in [4.78, 5) is 1.85. The average Bonchev–Trinajstić information content (AvgIpc) is 2.66. The van der Waals surface area contributed by atoms with Crippen molar-refractivity contribution >= 4 is 25.5 Å². The molecule has 0 saturated carbocycles. The third-order valence-corrected chi connectivity index (χ3v) is 9.74. The molecule has 0 aromatic rings. The summed E-state index contributed by atoms with van der Waals surface area (Å²) in [5.41, 5.74) is 0. The summed E-state index contributed by atoms with van der Waals surface area (Å²) in [5, 5.41) is 10.0. The Bertz CT molecular complexity index is 477. The van der Waals surface area contributed by atoms with Crippen molar-refractivity contribution in [2.45, 2.75) is 64.3 Å². The van der Waals surface area contributed by atoms with Gasteiger partial charge in [-0.15, -0.1) is 0 Å². The monoisotopic (exact) mass is 351 g/mol. The van der Waals surface area contributed by atoms with E-state index in [1.165, 1.54) is 0 Å². The van der Waals surface area contributed by atoms with Crippen LogP contribution in [0.25, 0.3) is 0 Å². The summed E-state index contributed by atoms with van der Waals surface area (Å²) < 4.78 is 33.7. The van der Waals surface area contributed by atoms with Crippen LogP contribution in [0.4, 0.5) is 0 Å². The molecule has 9 heteroatoms. The summed E-state index contributed by atoms with van der Waals surface area (Å²) in [6.45, 7) is 13.3. The standard InChI is InChI=1S/C13H30BNO5SSi/c1-13(2,3)22(6,7)20-12-8-11(10-19-21(5,17)18)15(9-12)14(4)16/h11-12,16H,8-10H2,1-7H3/t11-,12+/m1/s1. The van der Waals surface area contributed by atoms with E-state index in [1.54, 1.807) is 6.82 Å². The third kappa shape index (κ3) is 5.61. The molecule has 0 bridgehead atoms. The van der Waals surface area contributed by atoms with Crippen LogP contribution in [-0.2, 0) is 18.7 Å². The van der Waals surface area contributed by atoms with Crippen molar-refractivity contribution in [2.75, 3.05) is 19.4 Å². The first-order chi connectivity index (χ1) is 9.73. The highest BCUT2D eigenvalue weighted by molar-refractivity contribution is 7.85. The van der Waals surface area contributed by atoms with Gasteiger partial charge in [0.05, 0.1) is 19.0 Å². The summed E-state index contributed by atoms with van der Waals surface area (Å²) in [6.07, 6.45) is 1.72. The Morgan fingerprint density at radius 3 is 2.32 bits per heavy atom. The maximum atomic E-state index is 11.2. The van der Waals surface area contributed by atoms with Crippen molar-refractivity contribution in [2.24, 2.45) is 0 Å². The van der Waals surface area contributed by atoms with E-state index in [0.29, 0.717) is 13.0 Å². The van der Waals surface area contributed by atoms with Gasteiger partial charge in [0.2, 0.25) is 0 Å². The molecule has 0 aromatic heterocycles. The predicted molar refractivity (Wildman–Crippen MR) is 91.8 cm³/mol. The molecule has 1 heterocycles. The highest BCUT2D eigenvalue weighted by Crippen LogP contribution is 2.39. The fourth-order valence-electron chi connectivity index (χ4n) is 2.40. The molecule has 2 atom stereocenters. The van der Waals surface area contributed by atoms with Gasteiger partial charge in [-0.2, -0.15) is 8.42 Å². The van der Waals surface area contributed by atoms with Gasteiger partial charge in [-0.1, -0.05) is 20.8 Å². The largest absolute Gasteiger partial charge is 0.437 e. The van der Waals surface area contributed by atoms with Crippen molar-refractivity contribution in [3.8, 4) is 0 Å². The van der Waals surface area contributed by atoms with Crippen LogP contribution in [0.15, 0.2) is 0 Å². The Labute approximate surface area is 136 Å². The zero-order valence-electron chi connectivity index (χ0n) is 14.8. The van der Waals surface area contributed by atoms with Gasteiger partial charge in [0.1, 0.15) is 0 Å². The maximum absolute atomic E-state index is 11.2. The second-order valence-electron chi connectivity index (χ2n) is 7.71. The van der Waals surface area contributed by atoms with E-state index in [2.05, 4.69) is 33.9 Å². The van der Waals surface area contributed by atoms with E-state index in [0.717, 1.165) is 6.26 Å². The highest BCUT2D eigenvalue weighted by atomic mass is 32.2. The van der Waals surface area contributed by atoms with Gasteiger partial charge in [-0.3, -0.25) is 4.18 Å². The lowest BCUT2D eigenvalue weighted by Gasteiger charge is -2.38. The maximum Gasteiger partial charge on any atom is 0.376 e. The van der Waals surface area contributed by atoms with Gasteiger partial charge in [-0.05, 0) is 31.4 Å². The Morgan fingerprint density at radius 1 is 1.36 bits per heavy atom.